The Kier molecular flexibility index (Phi) is 3.83. The Morgan fingerprint density at radius 3 is 2.27 bits per heavy atom. The van der Waals surface area contributed by atoms with E-state index in [4.69, 9.17) is 5.73 Å². The zero-order chi connectivity index (χ0) is 8.91. The Morgan fingerprint density at radius 1 is 1.45 bits per heavy atom. The summed E-state index contributed by atoms with van der Waals surface area (Å²) >= 11 is 0. The second kappa shape index (κ2) is 4.14. The van der Waals surface area contributed by atoms with Crippen LogP contribution in [-0.4, -0.2) is 5.54 Å². The lowest BCUT2D eigenvalue weighted by atomic mass is 9.96. The SMILES string of the molecule is C=C/C=C(\C=C)CC(C)(C)N. The first-order valence-corrected chi connectivity index (χ1v) is 3.72. The van der Waals surface area contributed by atoms with Crippen molar-refractivity contribution in [2.45, 2.75) is 25.8 Å². The first-order valence-electron chi connectivity index (χ1n) is 3.72. The average Bonchev–Trinajstić information content (AvgIpc) is 1.84. The van der Waals surface area contributed by atoms with Crippen LogP contribution >= 0.6 is 0 Å². The van der Waals surface area contributed by atoms with Crippen LogP contribution in [0, 0.1) is 0 Å². The van der Waals surface area contributed by atoms with Gasteiger partial charge in [-0.2, -0.15) is 0 Å². The third-order valence-corrected chi connectivity index (χ3v) is 1.25. The minimum absolute atomic E-state index is 0.164. The molecular weight excluding hydrogens is 134 g/mol. The zero-order valence-electron chi connectivity index (χ0n) is 7.43. The fourth-order valence-corrected chi connectivity index (χ4v) is 0.877. The second-order valence-electron chi connectivity index (χ2n) is 3.35. The van der Waals surface area contributed by atoms with Crippen LogP contribution in [0.2, 0.25) is 0 Å². The first-order chi connectivity index (χ1) is 4.99. The van der Waals surface area contributed by atoms with Gasteiger partial charge in [0.1, 0.15) is 0 Å². The van der Waals surface area contributed by atoms with Crippen molar-refractivity contribution < 1.29 is 0 Å². The highest BCUT2D eigenvalue weighted by molar-refractivity contribution is 5.22. The van der Waals surface area contributed by atoms with Crippen molar-refractivity contribution in [3.63, 3.8) is 0 Å². The lowest BCUT2D eigenvalue weighted by Gasteiger charge is -2.18. The normalized spacial score (nSPS) is 12.8. The van der Waals surface area contributed by atoms with Crippen molar-refractivity contribution >= 4 is 0 Å². The molecule has 1 nitrogen and oxygen atoms in total. The average molecular weight is 151 g/mol. The van der Waals surface area contributed by atoms with E-state index in [1.807, 2.05) is 26.0 Å². The highest BCUT2D eigenvalue weighted by Gasteiger charge is 2.10. The Hall–Kier alpha value is -0.820. The molecule has 0 aromatic rings. The van der Waals surface area contributed by atoms with E-state index in [0.29, 0.717) is 0 Å². The zero-order valence-corrected chi connectivity index (χ0v) is 7.43. The molecule has 11 heavy (non-hydrogen) atoms. The van der Waals surface area contributed by atoms with Crippen molar-refractivity contribution in [1.29, 1.82) is 0 Å². The summed E-state index contributed by atoms with van der Waals surface area (Å²) in [7, 11) is 0. The van der Waals surface area contributed by atoms with Crippen LogP contribution < -0.4 is 5.73 Å². The number of hydrogen-bond acceptors (Lipinski definition) is 1. The molecular formula is C10H17N. The maximum absolute atomic E-state index is 5.82. The molecule has 0 radical (unpaired) electrons. The third kappa shape index (κ3) is 5.62. The van der Waals surface area contributed by atoms with E-state index in [1.54, 1.807) is 6.08 Å². The molecule has 0 aromatic heterocycles. The van der Waals surface area contributed by atoms with Gasteiger partial charge in [-0.05, 0) is 25.8 Å². The summed E-state index contributed by atoms with van der Waals surface area (Å²) in [6.45, 7) is 11.3. The van der Waals surface area contributed by atoms with Crippen LogP contribution in [0.5, 0.6) is 0 Å². The lowest BCUT2D eigenvalue weighted by Crippen LogP contribution is -2.31. The standard InChI is InChI=1S/C10H17N/c1-5-7-9(6-2)8-10(3,4)11/h5-7H,1-2,8,11H2,3-4H3/b9-7+. The highest BCUT2D eigenvalue weighted by Crippen LogP contribution is 2.13. The molecule has 0 aromatic carbocycles. The van der Waals surface area contributed by atoms with E-state index in [0.717, 1.165) is 12.0 Å². The van der Waals surface area contributed by atoms with Gasteiger partial charge in [-0.1, -0.05) is 31.4 Å². The van der Waals surface area contributed by atoms with E-state index in [1.165, 1.54) is 0 Å². The molecule has 0 amide bonds. The van der Waals surface area contributed by atoms with E-state index >= 15 is 0 Å². The molecule has 0 spiro atoms. The summed E-state index contributed by atoms with van der Waals surface area (Å²) in [5.74, 6) is 0. The third-order valence-electron chi connectivity index (χ3n) is 1.25. The molecule has 0 aliphatic heterocycles. The van der Waals surface area contributed by atoms with Crippen molar-refractivity contribution in [2.75, 3.05) is 0 Å². The van der Waals surface area contributed by atoms with Gasteiger partial charge in [-0.3, -0.25) is 0 Å². The minimum atomic E-state index is -0.164. The summed E-state index contributed by atoms with van der Waals surface area (Å²) in [6.07, 6.45) is 6.34. The molecule has 62 valence electrons. The number of rotatable bonds is 4. The molecule has 0 heterocycles. The van der Waals surface area contributed by atoms with Crippen molar-refractivity contribution in [2.24, 2.45) is 5.73 Å². The van der Waals surface area contributed by atoms with Crippen LogP contribution in [0.3, 0.4) is 0 Å². The van der Waals surface area contributed by atoms with Crippen molar-refractivity contribution in [3.8, 4) is 0 Å². The van der Waals surface area contributed by atoms with Crippen LogP contribution in [-0.2, 0) is 0 Å². The Labute approximate surface area is 69.3 Å². The number of allylic oxidation sites excluding steroid dienone is 3. The molecule has 0 rings (SSSR count). The lowest BCUT2D eigenvalue weighted by molar-refractivity contribution is 0.519. The maximum Gasteiger partial charge on any atom is 0.0138 e. The van der Waals surface area contributed by atoms with E-state index < -0.39 is 0 Å². The second-order valence-corrected chi connectivity index (χ2v) is 3.35. The predicted octanol–water partition coefficient (Wildman–Crippen LogP) is 2.41. The minimum Gasteiger partial charge on any atom is -0.325 e. The van der Waals surface area contributed by atoms with Gasteiger partial charge < -0.3 is 5.73 Å². The van der Waals surface area contributed by atoms with E-state index in [-0.39, 0.29) is 5.54 Å². The smallest absolute Gasteiger partial charge is 0.0138 e. The van der Waals surface area contributed by atoms with Crippen LogP contribution in [0.15, 0.2) is 37.0 Å². The Balaban J connectivity index is 4.20. The highest BCUT2D eigenvalue weighted by atomic mass is 14.7. The van der Waals surface area contributed by atoms with Gasteiger partial charge in [0.05, 0.1) is 0 Å². The summed E-state index contributed by atoms with van der Waals surface area (Å²) in [4.78, 5) is 0. The topological polar surface area (TPSA) is 26.0 Å². The largest absolute Gasteiger partial charge is 0.325 e. The van der Waals surface area contributed by atoms with Crippen molar-refractivity contribution in [1.82, 2.24) is 0 Å². The molecule has 0 saturated heterocycles. The number of hydrogen-bond donors (Lipinski definition) is 1. The summed E-state index contributed by atoms with van der Waals surface area (Å²) in [6, 6.07) is 0. The molecule has 2 N–H and O–H groups in total. The van der Waals surface area contributed by atoms with E-state index in [2.05, 4.69) is 13.2 Å². The van der Waals surface area contributed by atoms with Crippen molar-refractivity contribution in [3.05, 3.63) is 37.0 Å². The molecule has 0 unspecified atom stereocenters. The molecule has 0 bridgehead atoms. The van der Waals surface area contributed by atoms with E-state index in [9.17, 15) is 0 Å². The Morgan fingerprint density at radius 2 is 2.00 bits per heavy atom. The van der Waals surface area contributed by atoms with Gasteiger partial charge in [0.2, 0.25) is 0 Å². The fraction of sp³-hybridized carbons (Fsp3) is 0.400. The van der Waals surface area contributed by atoms with Gasteiger partial charge >= 0.3 is 0 Å². The van der Waals surface area contributed by atoms with Gasteiger partial charge in [0.25, 0.3) is 0 Å². The van der Waals surface area contributed by atoms with Gasteiger partial charge in [0.15, 0.2) is 0 Å². The van der Waals surface area contributed by atoms with Crippen LogP contribution in [0.25, 0.3) is 0 Å². The number of nitrogens with two attached hydrogens (primary N) is 1. The van der Waals surface area contributed by atoms with Gasteiger partial charge in [-0.25, -0.2) is 0 Å². The monoisotopic (exact) mass is 151 g/mol. The summed E-state index contributed by atoms with van der Waals surface area (Å²) in [5, 5.41) is 0. The quantitative estimate of drug-likeness (QED) is 0.613. The maximum atomic E-state index is 5.82. The summed E-state index contributed by atoms with van der Waals surface area (Å²) < 4.78 is 0. The molecule has 0 fully saturated rings. The predicted molar refractivity (Wildman–Crippen MR) is 51.4 cm³/mol. The molecule has 0 saturated carbocycles. The fourth-order valence-electron chi connectivity index (χ4n) is 0.877. The molecule has 0 aliphatic carbocycles. The molecule has 0 aliphatic rings. The van der Waals surface area contributed by atoms with Crippen LogP contribution in [0.4, 0.5) is 0 Å². The van der Waals surface area contributed by atoms with Gasteiger partial charge in [-0.15, -0.1) is 0 Å². The van der Waals surface area contributed by atoms with Crippen LogP contribution in [0.1, 0.15) is 20.3 Å². The van der Waals surface area contributed by atoms with Gasteiger partial charge in [0, 0.05) is 5.54 Å². The summed E-state index contributed by atoms with van der Waals surface area (Å²) in [5.41, 5.74) is 6.79. The Bertz CT molecular complexity index is 170. The molecule has 0 atom stereocenters. The first kappa shape index (κ1) is 10.2. The molecule has 1 heteroatoms.